The van der Waals surface area contributed by atoms with Gasteiger partial charge in [-0.1, -0.05) is 42.5 Å². The molecule has 0 N–H and O–H groups in total. The first-order valence-corrected chi connectivity index (χ1v) is 7.70. The predicted molar refractivity (Wildman–Crippen MR) is 91.4 cm³/mol. The summed E-state index contributed by atoms with van der Waals surface area (Å²) in [4.78, 5) is 0. The third kappa shape index (κ3) is 3.00. The first-order valence-electron chi connectivity index (χ1n) is 7.70. The van der Waals surface area contributed by atoms with Crippen LogP contribution < -0.4 is 9.47 Å². The van der Waals surface area contributed by atoms with Crippen LogP contribution in [0.5, 0.6) is 11.5 Å². The molecule has 0 radical (unpaired) electrons. The van der Waals surface area contributed by atoms with Crippen LogP contribution in [0.1, 0.15) is 18.1 Å². The normalized spacial score (nSPS) is 13.9. The lowest BCUT2D eigenvalue weighted by Gasteiger charge is -2.20. The summed E-state index contributed by atoms with van der Waals surface area (Å²) in [5, 5.41) is 0. The van der Waals surface area contributed by atoms with E-state index in [4.69, 9.17) is 9.47 Å². The fourth-order valence-corrected chi connectivity index (χ4v) is 2.69. The topological polar surface area (TPSA) is 18.5 Å². The van der Waals surface area contributed by atoms with Crippen molar-refractivity contribution in [2.45, 2.75) is 13.8 Å². The summed E-state index contributed by atoms with van der Waals surface area (Å²) >= 11 is 0. The Morgan fingerprint density at radius 1 is 1.00 bits per heavy atom. The van der Waals surface area contributed by atoms with Crippen LogP contribution in [0.4, 0.5) is 4.39 Å². The van der Waals surface area contributed by atoms with E-state index in [0.29, 0.717) is 24.5 Å². The Morgan fingerprint density at radius 2 is 1.83 bits per heavy atom. The van der Waals surface area contributed by atoms with E-state index in [-0.39, 0.29) is 11.6 Å². The molecule has 2 nitrogen and oxygen atoms in total. The fourth-order valence-electron chi connectivity index (χ4n) is 2.69. The van der Waals surface area contributed by atoms with Gasteiger partial charge in [-0.05, 0) is 42.7 Å². The van der Waals surface area contributed by atoms with Crippen molar-refractivity contribution in [2.24, 2.45) is 0 Å². The van der Waals surface area contributed by atoms with Gasteiger partial charge in [-0.2, -0.15) is 0 Å². The lowest BCUT2D eigenvalue weighted by Crippen LogP contribution is -2.16. The summed E-state index contributed by atoms with van der Waals surface area (Å²) < 4.78 is 25.7. The zero-order valence-electron chi connectivity index (χ0n) is 13.3. The van der Waals surface area contributed by atoms with Crippen LogP contribution in [-0.4, -0.2) is 13.2 Å². The van der Waals surface area contributed by atoms with Crippen molar-refractivity contribution in [1.82, 2.24) is 0 Å². The highest BCUT2D eigenvalue weighted by Gasteiger charge is 2.21. The highest BCUT2D eigenvalue weighted by atomic mass is 19.1. The van der Waals surface area contributed by atoms with Crippen LogP contribution in [0, 0.1) is 12.7 Å². The third-order valence-corrected chi connectivity index (χ3v) is 3.89. The quantitative estimate of drug-likeness (QED) is 0.729. The molecule has 118 valence electrons. The number of rotatable bonds is 3. The molecule has 1 aliphatic heterocycles. The van der Waals surface area contributed by atoms with Crippen LogP contribution in [0.25, 0.3) is 17.2 Å². The molecule has 0 atom stereocenters. The molecular formula is C20H19FO2. The molecule has 2 aromatic carbocycles. The van der Waals surface area contributed by atoms with Gasteiger partial charge in [0.15, 0.2) is 17.3 Å². The van der Waals surface area contributed by atoms with Crippen molar-refractivity contribution in [1.29, 1.82) is 0 Å². The van der Waals surface area contributed by atoms with E-state index < -0.39 is 0 Å². The van der Waals surface area contributed by atoms with Gasteiger partial charge in [0.05, 0.1) is 0 Å². The Balaban J connectivity index is 2.07. The predicted octanol–water partition coefficient (Wildman–Crippen LogP) is 5.16. The summed E-state index contributed by atoms with van der Waals surface area (Å²) in [6.45, 7) is 4.80. The highest BCUT2D eigenvalue weighted by Crippen LogP contribution is 2.39. The molecule has 1 aliphatic rings. The number of hydrogen-bond donors (Lipinski definition) is 0. The Bertz CT molecular complexity index is 775. The van der Waals surface area contributed by atoms with Crippen LogP contribution >= 0.6 is 0 Å². The van der Waals surface area contributed by atoms with Gasteiger partial charge in [-0.3, -0.25) is 0 Å². The first kappa shape index (κ1) is 15.3. The van der Waals surface area contributed by atoms with E-state index >= 15 is 0 Å². The van der Waals surface area contributed by atoms with Crippen molar-refractivity contribution in [3.63, 3.8) is 0 Å². The number of ether oxygens (including phenoxy) is 2. The maximum atomic E-state index is 14.8. The maximum Gasteiger partial charge on any atom is 0.197 e. The van der Waals surface area contributed by atoms with E-state index in [1.165, 1.54) is 0 Å². The highest BCUT2D eigenvalue weighted by molar-refractivity contribution is 5.75. The first-order chi connectivity index (χ1) is 11.2. The van der Waals surface area contributed by atoms with E-state index in [0.717, 1.165) is 16.7 Å². The van der Waals surface area contributed by atoms with Gasteiger partial charge in [0, 0.05) is 5.56 Å². The molecule has 23 heavy (non-hydrogen) atoms. The summed E-state index contributed by atoms with van der Waals surface area (Å²) in [5.41, 5.74) is 3.49. The lowest BCUT2D eigenvalue weighted by atomic mass is 9.95. The molecule has 0 saturated heterocycles. The van der Waals surface area contributed by atoms with Crippen LogP contribution in [-0.2, 0) is 0 Å². The third-order valence-electron chi connectivity index (χ3n) is 3.89. The van der Waals surface area contributed by atoms with Crippen LogP contribution in [0.15, 0.2) is 48.6 Å². The van der Waals surface area contributed by atoms with Gasteiger partial charge in [-0.25, -0.2) is 4.39 Å². The molecule has 3 rings (SSSR count). The van der Waals surface area contributed by atoms with Crippen molar-refractivity contribution in [2.75, 3.05) is 13.2 Å². The number of allylic oxidation sites excluding steroid dienone is 3. The molecule has 0 unspecified atom stereocenters. The lowest BCUT2D eigenvalue weighted by molar-refractivity contribution is 0.164. The van der Waals surface area contributed by atoms with Gasteiger partial charge in [-0.15, -0.1) is 0 Å². The molecular weight excluding hydrogens is 291 g/mol. The zero-order valence-corrected chi connectivity index (χ0v) is 13.3. The monoisotopic (exact) mass is 310 g/mol. The van der Waals surface area contributed by atoms with Gasteiger partial charge >= 0.3 is 0 Å². The second-order valence-electron chi connectivity index (χ2n) is 5.36. The van der Waals surface area contributed by atoms with Gasteiger partial charge in [0.1, 0.15) is 13.2 Å². The van der Waals surface area contributed by atoms with Gasteiger partial charge in [0.2, 0.25) is 0 Å². The minimum atomic E-state index is -0.361. The Hall–Kier alpha value is -2.55. The average molecular weight is 310 g/mol. The standard InChI is InChI=1S/C20H19FO2/c1-3-4-5-7-15-8-6-9-16(14(15)2)17-10-11-18-20(19(17)21)23-13-12-22-18/h3-11H,12-13H2,1-2H3/b4-3+,7-5+. The van der Waals surface area contributed by atoms with E-state index in [1.807, 2.05) is 56.4 Å². The molecule has 0 bridgehead atoms. The summed E-state index contributed by atoms with van der Waals surface area (Å²) in [6.07, 6.45) is 7.94. The summed E-state index contributed by atoms with van der Waals surface area (Å²) in [7, 11) is 0. The number of benzene rings is 2. The molecule has 1 heterocycles. The number of fused-ring (bicyclic) bond motifs is 1. The zero-order chi connectivity index (χ0) is 16.2. The van der Waals surface area contributed by atoms with Crippen LogP contribution in [0.2, 0.25) is 0 Å². The molecule has 0 aliphatic carbocycles. The molecule has 0 saturated carbocycles. The number of hydrogen-bond acceptors (Lipinski definition) is 2. The molecule has 3 heteroatoms. The van der Waals surface area contributed by atoms with Crippen molar-refractivity contribution < 1.29 is 13.9 Å². The molecule has 0 spiro atoms. The van der Waals surface area contributed by atoms with Crippen molar-refractivity contribution >= 4 is 6.08 Å². The molecule has 0 amide bonds. The minimum Gasteiger partial charge on any atom is -0.486 e. The second kappa shape index (κ2) is 6.69. The maximum absolute atomic E-state index is 14.8. The Labute approximate surface area is 135 Å². The largest absolute Gasteiger partial charge is 0.486 e. The fraction of sp³-hybridized carbons (Fsp3) is 0.200. The molecule has 0 aromatic heterocycles. The number of halogens is 1. The molecule has 0 fully saturated rings. The van der Waals surface area contributed by atoms with Gasteiger partial charge in [0.25, 0.3) is 0 Å². The smallest absolute Gasteiger partial charge is 0.197 e. The van der Waals surface area contributed by atoms with E-state index in [9.17, 15) is 4.39 Å². The Kier molecular flexibility index (Phi) is 4.47. The minimum absolute atomic E-state index is 0.211. The van der Waals surface area contributed by atoms with Crippen molar-refractivity contribution in [3.05, 3.63) is 65.5 Å². The van der Waals surface area contributed by atoms with Gasteiger partial charge < -0.3 is 9.47 Å². The van der Waals surface area contributed by atoms with Crippen molar-refractivity contribution in [3.8, 4) is 22.6 Å². The second-order valence-corrected chi connectivity index (χ2v) is 5.36. The average Bonchev–Trinajstić information content (AvgIpc) is 2.58. The Morgan fingerprint density at radius 3 is 2.65 bits per heavy atom. The van der Waals surface area contributed by atoms with Crippen LogP contribution in [0.3, 0.4) is 0 Å². The molecule has 2 aromatic rings. The summed E-state index contributed by atoms with van der Waals surface area (Å²) in [5.74, 6) is 0.321. The van der Waals surface area contributed by atoms with E-state index in [1.54, 1.807) is 12.1 Å². The SMILES string of the molecule is C/C=C/C=C/c1cccc(-c2ccc3c(c2F)OCCO3)c1C. The summed E-state index contributed by atoms with van der Waals surface area (Å²) in [6, 6.07) is 9.42. The van der Waals surface area contributed by atoms with E-state index in [2.05, 4.69) is 0 Å².